The van der Waals surface area contributed by atoms with Gasteiger partial charge in [-0.1, -0.05) is 30.8 Å². The Kier molecular flexibility index (Phi) is 6.18. The van der Waals surface area contributed by atoms with Crippen molar-refractivity contribution < 1.29 is 9.53 Å². The van der Waals surface area contributed by atoms with Gasteiger partial charge in [-0.25, -0.2) is 4.98 Å². The van der Waals surface area contributed by atoms with Crippen LogP contribution in [0.4, 0.5) is 5.69 Å². The molecular formula is C23H23N5O2S. The molecule has 0 bridgehead atoms. The molecule has 0 saturated heterocycles. The average Bonchev–Trinajstić information content (AvgIpc) is 3.24. The number of benzene rings is 2. The molecule has 31 heavy (non-hydrogen) atoms. The molecule has 0 aliphatic rings. The molecule has 0 aliphatic heterocycles. The van der Waals surface area contributed by atoms with Crippen molar-refractivity contribution in [2.75, 3.05) is 11.9 Å². The summed E-state index contributed by atoms with van der Waals surface area (Å²) in [6, 6.07) is 15.0. The molecule has 2 aromatic heterocycles. The van der Waals surface area contributed by atoms with Crippen LogP contribution in [0.1, 0.15) is 35.5 Å². The quantitative estimate of drug-likeness (QED) is 0.422. The molecule has 0 radical (unpaired) electrons. The SMILES string of the molecule is CCOc1ccccc1C(=O)Nc1ccc(Sc2c(CC)c(C)nc3ncnn23)cc1. The molecule has 158 valence electrons. The topological polar surface area (TPSA) is 81.4 Å². The maximum Gasteiger partial charge on any atom is 0.259 e. The van der Waals surface area contributed by atoms with Crippen LogP contribution < -0.4 is 10.1 Å². The summed E-state index contributed by atoms with van der Waals surface area (Å²) in [6.07, 6.45) is 2.37. The predicted octanol–water partition coefficient (Wildman–Crippen LogP) is 4.80. The van der Waals surface area contributed by atoms with Gasteiger partial charge in [-0.2, -0.15) is 14.6 Å². The first-order chi connectivity index (χ1) is 15.1. The number of carbonyl (C=O) groups excluding carboxylic acids is 1. The van der Waals surface area contributed by atoms with E-state index in [0.717, 1.165) is 27.6 Å². The minimum atomic E-state index is -0.202. The number of ether oxygens (including phenoxy) is 1. The smallest absolute Gasteiger partial charge is 0.259 e. The normalized spacial score (nSPS) is 10.9. The summed E-state index contributed by atoms with van der Waals surface area (Å²) in [6.45, 7) is 6.50. The zero-order chi connectivity index (χ0) is 21.8. The van der Waals surface area contributed by atoms with E-state index < -0.39 is 0 Å². The molecule has 8 heteroatoms. The Labute approximate surface area is 184 Å². The maximum atomic E-state index is 12.7. The summed E-state index contributed by atoms with van der Waals surface area (Å²) >= 11 is 1.61. The third kappa shape index (κ3) is 4.39. The van der Waals surface area contributed by atoms with Crippen LogP contribution in [0.2, 0.25) is 0 Å². The fourth-order valence-electron chi connectivity index (χ4n) is 3.32. The number of aryl methyl sites for hydroxylation is 1. The van der Waals surface area contributed by atoms with Crippen LogP contribution >= 0.6 is 11.8 Å². The number of aromatic nitrogens is 4. The Bertz CT molecular complexity index is 1220. The van der Waals surface area contributed by atoms with Crippen LogP contribution in [-0.2, 0) is 6.42 Å². The number of anilines is 1. The Hall–Kier alpha value is -3.39. The van der Waals surface area contributed by atoms with Gasteiger partial charge in [0.15, 0.2) is 0 Å². The molecule has 0 spiro atoms. The van der Waals surface area contributed by atoms with Crippen LogP contribution in [0.25, 0.3) is 5.78 Å². The minimum absolute atomic E-state index is 0.202. The molecule has 0 aliphatic carbocycles. The second kappa shape index (κ2) is 9.18. The lowest BCUT2D eigenvalue weighted by Gasteiger charge is -2.12. The molecular weight excluding hydrogens is 410 g/mol. The first kappa shape index (κ1) is 20.9. The van der Waals surface area contributed by atoms with E-state index in [2.05, 4.69) is 27.3 Å². The first-order valence-corrected chi connectivity index (χ1v) is 10.9. The van der Waals surface area contributed by atoms with Crippen molar-refractivity contribution in [3.63, 3.8) is 0 Å². The third-order valence-electron chi connectivity index (χ3n) is 4.80. The maximum absolute atomic E-state index is 12.7. The van der Waals surface area contributed by atoms with E-state index in [9.17, 15) is 4.79 Å². The number of rotatable bonds is 7. The van der Waals surface area contributed by atoms with Crippen LogP contribution in [0.15, 0.2) is 64.8 Å². The number of nitrogens with zero attached hydrogens (tertiary/aromatic N) is 4. The fraction of sp³-hybridized carbons (Fsp3) is 0.217. The molecule has 4 aromatic rings. The van der Waals surface area contributed by atoms with Gasteiger partial charge in [0.2, 0.25) is 0 Å². The van der Waals surface area contributed by atoms with Crippen molar-refractivity contribution in [3.05, 3.63) is 71.7 Å². The average molecular weight is 434 g/mol. The Morgan fingerprint density at radius 1 is 1.13 bits per heavy atom. The highest BCUT2D eigenvalue weighted by Gasteiger charge is 2.15. The number of fused-ring (bicyclic) bond motifs is 1. The van der Waals surface area contributed by atoms with E-state index in [-0.39, 0.29) is 5.91 Å². The Balaban J connectivity index is 1.54. The third-order valence-corrected chi connectivity index (χ3v) is 5.92. The standard InChI is InChI=1S/C23H23N5O2S/c1-4-18-15(3)26-23-24-14-25-28(23)22(18)31-17-12-10-16(11-13-17)27-21(29)19-8-6-7-9-20(19)30-5-2/h6-14H,4-5H2,1-3H3,(H,27,29). The van der Waals surface area contributed by atoms with E-state index >= 15 is 0 Å². The lowest BCUT2D eigenvalue weighted by molar-refractivity contribution is 0.102. The number of para-hydroxylation sites is 1. The predicted molar refractivity (Wildman–Crippen MR) is 121 cm³/mol. The van der Waals surface area contributed by atoms with Gasteiger partial charge in [-0.15, -0.1) is 0 Å². The Morgan fingerprint density at radius 2 is 1.90 bits per heavy atom. The Morgan fingerprint density at radius 3 is 2.65 bits per heavy atom. The van der Waals surface area contributed by atoms with Gasteiger partial charge in [0, 0.05) is 21.8 Å². The highest BCUT2D eigenvalue weighted by molar-refractivity contribution is 7.99. The second-order valence-corrected chi connectivity index (χ2v) is 7.88. The van der Waals surface area contributed by atoms with E-state index in [4.69, 9.17) is 4.74 Å². The second-order valence-electron chi connectivity index (χ2n) is 6.82. The number of hydrogen-bond acceptors (Lipinski definition) is 6. The molecule has 0 atom stereocenters. The molecule has 2 aromatic carbocycles. The number of hydrogen-bond donors (Lipinski definition) is 1. The van der Waals surface area contributed by atoms with Crippen LogP contribution in [0, 0.1) is 6.92 Å². The number of amides is 1. The van der Waals surface area contributed by atoms with Crippen molar-refractivity contribution in [1.82, 2.24) is 19.6 Å². The summed E-state index contributed by atoms with van der Waals surface area (Å²) < 4.78 is 7.33. The highest BCUT2D eigenvalue weighted by Crippen LogP contribution is 2.32. The van der Waals surface area contributed by atoms with Gasteiger partial charge >= 0.3 is 0 Å². The number of carbonyl (C=O) groups is 1. The van der Waals surface area contributed by atoms with E-state index in [1.165, 1.54) is 6.33 Å². The zero-order valence-electron chi connectivity index (χ0n) is 17.6. The van der Waals surface area contributed by atoms with Crippen LogP contribution in [0.5, 0.6) is 5.75 Å². The van der Waals surface area contributed by atoms with Gasteiger partial charge in [-0.3, -0.25) is 4.79 Å². The zero-order valence-corrected chi connectivity index (χ0v) is 18.4. The minimum Gasteiger partial charge on any atom is -0.493 e. The summed E-state index contributed by atoms with van der Waals surface area (Å²) in [5.41, 5.74) is 3.33. The molecule has 0 fully saturated rings. The van der Waals surface area contributed by atoms with Crippen LogP contribution in [0.3, 0.4) is 0 Å². The van der Waals surface area contributed by atoms with Crippen molar-refractivity contribution >= 4 is 29.1 Å². The van der Waals surface area contributed by atoms with Gasteiger partial charge < -0.3 is 10.1 Å². The van der Waals surface area contributed by atoms with Gasteiger partial charge in [0.1, 0.15) is 17.1 Å². The summed E-state index contributed by atoms with van der Waals surface area (Å²) in [7, 11) is 0. The molecule has 2 heterocycles. The van der Waals surface area contributed by atoms with Gasteiger partial charge in [-0.05, 0) is 56.7 Å². The lowest BCUT2D eigenvalue weighted by atomic mass is 10.2. The van der Waals surface area contributed by atoms with Crippen molar-refractivity contribution in [1.29, 1.82) is 0 Å². The molecule has 1 amide bonds. The monoisotopic (exact) mass is 433 g/mol. The van der Waals surface area contributed by atoms with Crippen LogP contribution in [-0.4, -0.2) is 32.1 Å². The molecule has 0 saturated carbocycles. The number of nitrogens with one attached hydrogen (secondary N) is 1. The summed E-state index contributed by atoms with van der Waals surface area (Å²) in [4.78, 5) is 22.5. The van der Waals surface area contributed by atoms with Crippen molar-refractivity contribution in [2.24, 2.45) is 0 Å². The fourth-order valence-corrected chi connectivity index (χ4v) is 4.44. The molecule has 4 rings (SSSR count). The van der Waals surface area contributed by atoms with Gasteiger partial charge in [0.25, 0.3) is 11.7 Å². The summed E-state index contributed by atoms with van der Waals surface area (Å²) in [5.74, 6) is 0.965. The molecule has 1 N–H and O–H groups in total. The van der Waals surface area contributed by atoms with Crippen molar-refractivity contribution in [2.45, 2.75) is 37.1 Å². The van der Waals surface area contributed by atoms with Crippen molar-refractivity contribution in [3.8, 4) is 5.75 Å². The van der Waals surface area contributed by atoms with E-state index in [1.807, 2.05) is 50.2 Å². The van der Waals surface area contributed by atoms with Gasteiger partial charge in [0.05, 0.1) is 12.2 Å². The largest absolute Gasteiger partial charge is 0.493 e. The molecule has 7 nitrogen and oxygen atoms in total. The van der Waals surface area contributed by atoms with E-state index in [0.29, 0.717) is 29.4 Å². The highest BCUT2D eigenvalue weighted by atomic mass is 32.2. The summed E-state index contributed by atoms with van der Waals surface area (Å²) in [5, 5.41) is 8.28. The lowest BCUT2D eigenvalue weighted by Crippen LogP contribution is -2.13. The first-order valence-electron chi connectivity index (χ1n) is 10.1. The molecule has 0 unspecified atom stereocenters. The van der Waals surface area contributed by atoms with E-state index in [1.54, 1.807) is 28.4 Å².